The SMILES string of the molecule is NCC12CC1CN(Cc1ccccc1)C2.[Al+3].[H-].[H-].[H-].[H-].[Li+]. The van der Waals surface area contributed by atoms with Gasteiger partial charge in [-0.2, -0.15) is 0 Å². The van der Waals surface area contributed by atoms with E-state index in [1.807, 2.05) is 0 Å². The van der Waals surface area contributed by atoms with Gasteiger partial charge in [-0.05, 0) is 29.9 Å². The number of piperidine rings is 1. The van der Waals surface area contributed by atoms with Gasteiger partial charge in [-0.25, -0.2) is 0 Å². The van der Waals surface area contributed by atoms with E-state index in [2.05, 4.69) is 35.2 Å². The molecule has 1 aromatic rings. The molecule has 0 amide bonds. The van der Waals surface area contributed by atoms with Crippen LogP contribution in [0.3, 0.4) is 0 Å². The predicted octanol–water partition coefficient (Wildman–Crippen LogP) is -1.46. The van der Waals surface area contributed by atoms with E-state index in [-0.39, 0.29) is 41.9 Å². The van der Waals surface area contributed by atoms with Crippen LogP contribution in [-0.2, 0) is 6.54 Å². The zero-order valence-electron chi connectivity index (χ0n) is 14.6. The number of rotatable bonds is 3. The van der Waals surface area contributed by atoms with E-state index in [0.29, 0.717) is 5.41 Å². The van der Waals surface area contributed by atoms with Crippen molar-refractivity contribution in [1.82, 2.24) is 4.90 Å². The predicted molar refractivity (Wildman–Crippen MR) is 71.5 cm³/mol. The molecule has 2 aliphatic rings. The van der Waals surface area contributed by atoms with Crippen molar-refractivity contribution in [3.63, 3.8) is 0 Å². The van der Waals surface area contributed by atoms with Gasteiger partial charge in [0.2, 0.25) is 0 Å². The average Bonchev–Trinajstić information content (AvgIpc) is 2.84. The summed E-state index contributed by atoms with van der Waals surface area (Å²) in [6.07, 6.45) is 1.37. The Hall–Kier alpha value is 0.270. The van der Waals surface area contributed by atoms with Crippen molar-refractivity contribution >= 4 is 17.4 Å². The van der Waals surface area contributed by atoms with Crippen molar-refractivity contribution in [3.8, 4) is 0 Å². The van der Waals surface area contributed by atoms with Gasteiger partial charge in [0.15, 0.2) is 0 Å². The molecule has 17 heavy (non-hydrogen) atoms. The summed E-state index contributed by atoms with van der Waals surface area (Å²) in [7, 11) is 0. The number of hydrogen-bond donors (Lipinski definition) is 1. The third-order valence-electron chi connectivity index (χ3n) is 4.03. The van der Waals surface area contributed by atoms with Crippen LogP contribution >= 0.6 is 0 Å². The van der Waals surface area contributed by atoms with Crippen LogP contribution in [0.25, 0.3) is 0 Å². The van der Waals surface area contributed by atoms with E-state index in [1.54, 1.807) is 0 Å². The van der Waals surface area contributed by atoms with E-state index in [0.717, 1.165) is 19.0 Å². The molecule has 1 aromatic carbocycles. The maximum absolute atomic E-state index is 5.84. The molecule has 2 atom stereocenters. The molecule has 1 saturated carbocycles. The van der Waals surface area contributed by atoms with Crippen LogP contribution < -0.4 is 24.6 Å². The van der Waals surface area contributed by atoms with Gasteiger partial charge >= 0.3 is 36.2 Å². The number of likely N-dealkylation sites (tertiary alicyclic amines) is 1. The molecule has 88 valence electrons. The minimum atomic E-state index is 0. The Bertz CT molecular complexity index is 370. The van der Waals surface area contributed by atoms with Crippen LogP contribution in [0.15, 0.2) is 30.3 Å². The molecule has 1 heterocycles. The smallest absolute Gasteiger partial charge is 1.00 e. The summed E-state index contributed by atoms with van der Waals surface area (Å²) in [4.78, 5) is 2.55. The van der Waals surface area contributed by atoms with Crippen LogP contribution in [0.1, 0.15) is 17.7 Å². The van der Waals surface area contributed by atoms with Crippen LogP contribution in [0, 0.1) is 11.3 Å². The molecule has 0 bridgehead atoms. The van der Waals surface area contributed by atoms with Crippen molar-refractivity contribution < 1.29 is 24.6 Å². The average molecular weight is 240 g/mol. The third kappa shape index (κ3) is 2.99. The second kappa shape index (κ2) is 5.94. The maximum Gasteiger partial charge on any atom is 3.00 e. The van der Waals surface area contributed by atoms with Crippen molar-refractivity contribution in [2.45, 2.75) is 13.0 Å². The molecule has 2 fully saturated rings. The van der Waals surface area contributed by atoms with E-state index in [9.17, 15) is 0 Å². The van der Waals surface area contributed by atoms with Crippen LogP contribution in [0.2, 0.25) is 0 Å². The molecule has 2 nitrogen and oxygen atoms in total. The molecule has 0 radical (unpaired) electrons. The molecule has 0 aromatic heterocycles. The molecule has 3 rings (SSSR count). The normalized spacial score (nSPS) is 30.1. The van der Waals surface area contributed by atoms with Gasteiger partial charge in [0.1, 0.15) is 0 Å². The van der Waals surface area contributed by atoms with E-state index in [1.165, 1.54) is 25.1 Å². The van der Waals surface area contributed by atoms with Crippen LogP contribution in [0.4, 0.5) is 0 Å². The Labute approximate surface area is 132 Å². The summed E-state index contributed by atoms with van der Waals surface area (Å²) in [5.41, 5.74) is 7.77. The topological polar surface area (TPSA) is 29.3 Å². The first-order valence-electron chi connectivity index (χ1n) is 5.79. The summed E-state index contributed by atoms with van der Waals surface area (Å²) >= 11 is 0. The summed E-state index contributed by atoms with van der Waals surface area (Å²) < 4.78 is 0. The first-order chi connectivity index (χ1) is 7.32. The minimum absolute atomic E-state index is 0. The summed E-state index contributed by atoms with van der Waals surface area (Å²) in [5.74, 6) is 0.895. The van der Waals surface area contributed by atoms with Gasteiger partial charge in [0, 0.05) is 19.6 Å². The Balaban J connectivity index is -0.000000241. The van der Waals surface area contributed by atoms with Crippen molar-refractivity contribution in [2.75, 3.05) is 19.6 Å². The summed E-state index contributed by atoms with van der Waals surface area (Å²) in [5, 5.41) is 0. The van der Waals surface area contributed by atoms with Crippen LogP contribution in [0.5, 0.6) is 0 Å². The van der Waals surface area contributed by atoms with Gasteiger partial charge < -0.3 is 11.4 Å². The van der Waals surface area contributed by atoms with Gasteiger partial charge in [0.05, 0.1) is 0 Å². The molecule has 4 heteroatoms. The van der Waals surface area contributed by atoms with Crippen LogP contribution in [-0.4, -0.2) is 41.9 Å². The first-order valence-corrected chi connectivity index (χ1v) is 5.79. The largest absolute Gasteiger partial charge is 3.00 e. The zero-order chi connectivity index (χ0) is 10.3. The number of fused-ring (bicyclic) bond motifs is 1. The molecule has 2 unspecified atom stereocenters. The molecule has 1 saturated heterocycles. The molecule has 0 spiro atoms. The second-order valence-electron chi connectivity index (χ2n) is 5.12. The first kappa shape index (κ1) is 15.3. The number of nitrogens with zero attached hydrogens (tertiary/aromatic N) is 1. The van der Waals surface area contributed by atoms with Gasteiger partial charge in [-0.3, -0.25) is 4.90 Å². The zero-order valence-corrected chi connectivity index (χ0v) is 11.8. The quantitative estimate of drug-likeness (QED) is 0.654. The number of benzene rings is 1. The Morgan fingerprint density at radius 3 is 2.65 bits per heavy atom. The maximum atomic E-state index is 5.84. The third-order valence-corrected chi connectivity index (χ3v) is 4.03. The molecular weight excluding hydrogens is 218 g/mol. The summed E-state index contributed by atoms with van der Waals surface area (Å²) in [6.45, 7) is 4.44. The Kier molecular flexibility index (Phi) is 5.36. The Morgan fingerprint density at radius 1 is 1.35 bits per heavy atom. The van der Waals surface area contributed by atoms with E-state index in [4.69, 9.17) is 5.73 Å². The molecular formula is C13H22AlLiN2. The van der Waals surface area contributed by atoms with Gasteiger partial charge in [-0.1, -0.05) is 30.3 Å². The molecule has 1 aliphatic heterocycles. The fourth-order valence-electron chi connectivity index (χ4n) is 2.98. The summed E-state index contributed by atoms with van der Waals surface area (Å²) in [6, 6.07) is 10.7. The van der Waals surface area contributed by atoms with Gasteiger partial charge in [0.25, 0.3) is 0 Å². The van der Waals surface area contributed by atoms with Gasteiger partial charge in [-0.15, -0.1) is 0 Å². The van der Waals surface area contributed by atoms with Crippen molar-refractivity contribution in [2.24, 2.45) is 17.1 Å². The second-order valence-corrected chi connectivity index (χ2v) is 5.12. The number of hydrogen-bond acceptors (Lipinski definition) is 2. The molecule has 2 N–H and O–H groups in total. The van der Waals surface area contributed by atoms with E-state index < -0.39 is 0 Å². The minimum Gasteiger partial charge on any atom is -1.00 e. The van der Waals surface area contributed by atoms with Crippen molar-refractivity contribution in [1.29, 1.82) is 0 Å². The fraction of sp³-hybridized carbons (Fsp3) is 0.538. The standard InChI is InChI=1S/C13H18N2.Al.Li.4H/c14-9-13-6-12(13)8-15(10-13)7-11-4-2-1-3-5-11;;;;;;/h1-5,12H,6-10,14H2;;;;;;/q;+3;+1;4*-1. The van der Waals surface area contributed by atoms with Crippen molar-refractivity contribution in [3.05, 3.63) is 35.9 Å². The van der Waals surface area contributed by atoms with E-state index >= 15 is 0 Å². The number of nitrogens with two attached hydrogens (primary N) is 1. The monoisotopic (exact) mass is 240 g/mol. The fourth-order valence-corrected chi connectivity index (χ4v) is 2.98. The Morgan fingerprint density at radius 2 is 2.06 bits per heavy atom. The molecule has 1 aliphatic carbocycles.